The number of pyridine rings is 1. The molecule has 5 heteroatoms. The maximum absolute atomic E-state index is 6.04. The summed E-state index contributed by atoms with van der Waals surface area (Å²) in [6, 6.07) is 10.9. The number of ether oxygens (including phenoxy) is 2. The SMILES string of the molecule is c1ccc(COC[C@H]2C[C@@H]3[C@@H](C2)OCCN3Cc2cccs2)nc1. The Bertz CT molecular complexity index is 620. The molecule has 2 aliphatic rings. The lowest BCUT2D eigenvalue weighted by Gasteiger charge is -2.37. The van der Waals surface area contributed by atoms with Crippen LogP contribution >= 0.6 is 11.3 Å². The van der Waals surface area contributed by atoms with E-state index in [1.165, 1.54) is 11.3 Å². The van der Waals surface area contributed by atoms with Crippen LogP contribution in [0, 0.1) is 5.92 Å². The van der Waals surface area contributed by atoms with Crippen LogP contribution in [0.5, 0.6) is 0 Å². The van der Waals surface area contributed by atoms with Gasteiger partial charge in [-0.25, -0.2) is 0 Å². The zero-order valence-corrected chi connectivity index (χ0v) is 14.7. The van der Waals surface area contributed by atoms with Gasteiger partial charge in [0.05, 0.1) is 31.6 Å². The van der Waals surface area contributed by atoms with Crippen molar-refractivity contribution < 1.29 is 9.47 Å². The number of aromatic nitrogens is 1. The first kappa shape index (κ1) is 16.2. The van der Waals surface area contributed by atoms with Crippen molar-refractivity contribution in [3.8, 4) is 0 Å². The Kier molecular flexibility index (Phi) is 5.23. The highest BCUT2D eigenvalue weighted by molar-refractivity contribution is 7.09. The molecule has 0 aromatic carbocycles. The van der Waals surface area contributed by atoms with Gasteiger partial charge in [0.1, 0.15) is 0 Å². The topological polar surface area (TPSA) is 34.6 Å². The van der Waals surface area contributed by atoms with Crippen molar-refractivity contribution in [2.75, 3.05) is 19.8 Å². The number of nitrogens with zero attached hydrogens (tertiary/aromatic N) is 2. The van der Waals surface area contributed by atoms with E-state index in [4.69, 9.17) is 9.47 Å². The van der Waals surface area contributed by atoms with Crippen molar-refractivity contribution in [1.29, 1.82) is 0 Å². The number of morpholine rings is 1. The molecule has 1 aliphatic heterocycles. The summed E-state index contributed by atoms with van der Waals surface area (Å²) in [6.45, 7) is 4.37. The molecule has 0 bridgehead atoms. The highest BCUT2D eigenvalue weighted by Crippen LogP contribution is 2.35. The maximum atomic E-state index is 6.04. The van der Waals surface area contributed by atoms with Gasteiger partial charge in [0.25, 0.3) is 0 Å². The van der Waals surface area contributed by atoms with E-state index in [2.05, 4.69) is 27.4 Å². The second-order valence-corrected chi connectivity index (χ2v) is 7.73. The summed E-state index contributed by atoms with van der Waals surface area (Å²) in [5.74, 6) is 0.590. The Morgan fingerprint density at radius 3 is 3.08 bits per heavy atom. The van der Waals surface area contributed by atoms with Gasteiger partial charge >= 0.3 is 0 Å². The van der Waals surface area contributed by atoms with Crippen LogP contribution in [0.15, 0.2) is 41.9 Å². The second-order valence-electron chi connectivity index (χ2n) is 6.70. The fourth-order valence-electron chi connectivity index (χ4n) is 3.87. The minimum Gasteiger partial charge on any atom is -0.375 e. The molecule has 1 saturated carbocycles. The van der Waals surface area contributed by atoms with Crippen molar-refractivity contribution >= 4 is 11.3 Å². The van der Waals surface area contributed by atoms with Gasteiger partial charge in [-0.05, 0) is 42.3 Å². The summed E-state index contributed by atoms with van der Waals surface area (Å²) in [4.78, 5) is 8.37. The van der Waals surface area contributed by atoms with Crippen LogP contribution in [0.4, 0.5) is 0 Å². The summed E-state index contributed by atoms with van der Waals surface area (Å²) in [5.41, 5.74) is 1.00. The molecule has 4 rings (SSSR count). The summed E-state index contributed by atoms with van der Waals surface area (Å²) in [7, 11) is 0. The molecule has 0 amide bonds. The predicted octanol–water partition coefficient (Wildman–Crippen LogP) is 3.34. The maximum Gasteiger partial charge on any atom is 0.0887 e. The van der Waals surface area contributed by atoms with E-state index in [9.17, 15) is 0 Å². The number of fused-ring (bicyclic) bond motifs is 1. The molecule has 128 valence electrons. The van der Waals surface area contributed by atoms with Crippen LogP contribution in [0.3, 0.4) is 0 Å². The van der Waals surface area contributed by atoms with E-state index in [-0.39, 0.29) is 0 Å². The molecule has 24 heavy (non-hydrogen) atoms. The van der Waals surface area contributed by atoms with Crippen LogP contribution in [-0.4, -0.2) is 41.8 Å². The average Bonchev–Trinajstić information content (AvgIpc) is 3.26. The number of hydrogen-bond donors (Lipinski definition) is 0. The molecule has 2 aromatic rings. The van der Waals surface area contributed by atoms with E-state index in [0.29, 0.717) is 24.7 Å². The molecular weight excluding hydrogens is 320 g/mol. The largest absolute Gasteiger partial charge is 0.375 e. The third-order valence-electron chi connectivity index (χ3n) is 5.02. The predicted molar refractivity (Wildman–Crippen MR) is 94.9 cm³/mol. The Hall–Kier alpha value is -1.27. The smallest absolute Gasteiger partial charge is 0.0887 e. The summed E-state index contributed by atoms with van der Waals surface area (Å²) < 4.78 is 12.0. The van der Waals surface area contributed by atoms with Crippen LogP contribution in [0.1, 0.15) is 23.4 Å². The second kappa shape index (κ2) is 7.74. The summed E-state index contributed by atoms with van der Waals surface area (Å²) in [5, 5.41) is 2.16. The van der Waals surface area contributed by atoms with Crippen molar-refractivity contribution in [2.45, 2.75) is 38.1 Å². The minimum atomic E-state index is 0.377. The molecule has 0 N–H and O–H groups in total. The number of thiophene rings is 1. The molecular formula is C19H24N2O2S. The van der Waals surface area contributed by atoms with Crippen molar-refractivity contribution in [1.82, 2.24) is 9.88 Å². The standard InChI is InChI=1S/C19H24N2O2S/c1-2-6-20-16(4-1)14-22-13-15-10-18-19(11-15)23-8-7-21(18)12-17-5-3-9-24-17/h1-6,9,15,18-19H,7-8,10-14H2/t15-,18+,19+/m0/s1. The molecule has 4 nitrogen and oxygen atoms in total. The van der Waals surface area contributed by atoms with Gasteiger partial charge in [-0.15, -0.1) is 11.3 Å². The van der Waals surface area contributed by atoms with Crippen LogP contribution in [0.25, 0.3) is 0 Å². The van der Waals surface area contributed by atoms with Gasteiger partial charge in [0.15, 0.2) is 0 Å². The van der Waals surface area contributed by atoms with Crippen molar-refractivity contribution in [3.05, 3.63) is 52.5 Å². The zero-order valence-electron chi connectivity index (χ0n) is 13.8. The normalized spacial score (nSPS) is 27.2. The molecule has 2 fully saturated rings. The lowest BCUT2D eigenvalue weighted by atomic mass is 10.1. The Labute approximate surface area is 147 Å². The van der Waals surface area contributed by atoms with E-state index in [0.717, 1.165) is 38.4 Å². The van der Waals surface area contributed by atoms with Gasteiger partial charge in [-0.1, -0.05) is 12.1 Å². The highest BCUT2D eigenvalue weighted by Gasteiger charge is 2.40. The van der Waals surface area contributed by atoms with Crippen molar-refractivity contribution in [3.63, 3.8) is 0 Å². The summed E-state index contributed by atoms with van der Waals surface area (Å²) in [6.07, 6.45) is 4.49. The lowest BCUT2D eigenvalue weighted by Crippen LogP contribution is -2.47. The molecule has 0 radical (unpaired) electrons. The van der Waals surface area contributed by atoms with E-state index >= 15 is 0 Å². The van der Waals surface area contributed by atoms with E-state index in [1.54, 1.807) is 0 Å². The molecule has 3 heterocycles. The van der Waals surface area contributed by atoms with Gasteiger partial charge < -0.3 is 9.47 Å². The van der Waals surface area contributed by atoms with Gasteiger partial charge in [-0.2, -0.15) is 0 Å². The van der Waals surface area contributed by atoms with Crippen LogP contribution < -0.4 is 0 Å². The van der Waals surface area contributed by atoms with E-state index < -0.39 is 0 Å². The zero-order chi connectivity index (χ0) is 16.2. The number of rotatable bonds is 6. The Balaban J connectivity index is 1.29. The molecule has 3 atom stereocenters. The Morgan fingerprint density at radius 1 is 1.25 bits per heavy atom. The van der Waals surface area contributed by atoms with Gasteiger partial charge in [0, 0.05) is 30.2 Å². The first-order chi connectivity index (χ1) is 11.9. The summed E-state index contributed by atoms with van der Waals surface area (Å²) >= 11 is 1.85. The lowest BCUT2D eigenvalue weighted by molar-refractivity contribution is -0.0588. The van der Waals surface area contributed by atoms with Crippen LogP contribution in [0.2, 0.25) is 0 Å². The van der Waals surface area contributed by atoms with Gasteiger partial charge in [0.2, 0.25) is 0 Å². The molecule has 0 spiro atoms. The Morgan fingerprint density at radius 2 is 2.25 bits per heavy atom. The third-order valence-corrected chi connectivity index (χ3v) is 5.88. The molecule has 2 aromatic heterocycles. The third kappa shape index (κ3) is 3.86. The van der Waals surface area contributed by atoms with Crippen LogP contribution in [-0.2, 0) is 22.6 Å². The van der Waals surface area contributed by atoms with Crippen molar-refractivity contribution in [2.24, 2.45) is 5.92 Å². The molecule has 0 unspecified atom stereocenters. The first-order valence-corrected chi connectivity index (χ1v) is 9.62. The molecule has 1 aliphatic carbocycles. The first-order valence-electron chi connectivity index (χ1n) is 8.74. The van der Waals surface area contributed by atoms with E-state index in [1.807, 2.05) is 35.7 Å². The average molecular weight is 344 g/mol. The number of hydrogen-bond acceptors (Lipinski definition) is 5. The highest BCUT2D eigenvalue weighted by atomic mass is 32.1. The monoisotopic (exact) mass is 344 g/mol. The minimum absolute atomic E-state index is 0.377. The fraction of sp³-hybridized carbons (Fsp3) is 0.526. The van der Waals surface area contributed by atoms with Gasteiger partial charge in [-0.3, -0.25) is 9.88 Å². The quantitative estimate of drug-likeness (QED) is 0.805. The fourth-order valence-corrected chi connectivity index (χ4v) is 4.60. The molecule has 1 saturated heterocycles.